The van der Waals surface area contributed by atoms with Crippen molar-refractivity contribution in [2.45, 2.75) is 11.3 Å². The third kappa shape index (κ3) is 4.35. The molecule has 1 saturated heterocycles. The Bertz CT molecular complexity index is 1140. The SMILES string of the molecule is O=[N+]([O-])c1cccc(S(=O)(=O)N2CCN(c3nc(Cc4ccccc4)cs3)CC2)c1. The van der Waals surface area contributed by atoms with Crippen molar-refractivity contribution in [2.75, 3.05) is 31.1 Å². The first-order chi connectivity index (χ1) is 14.4. The Morgan fingerprint density at radius 3 is 2.47 bits per heavy atom. The van der Waals surface area contributed by atoms with Gasteiger partial charge in [0, 0.05) is 50.1 Å². The molecule has 0 spiro atoms. The average Bonchev–Trinajstić information content (AvgIpc) is 3.23. The second-order valence-corrected chi connectivity index (χ2v) is 9.70. The van der Waals surface area contributed by atoms with Crippen LogP contribution >= 0.6 is 11.3 Å². The molecule has 3 aromatic rings. The van der Waals surface area contributed by atoms with E-state index in [1.807, 2.05) is 23.6 Å². The van der Waals surface area contributed by atoms with Gasteiger partial charge in [-0.15, -0.1) is 11.3 Å². The van der Waals surface area contributed by atoms with Gasteiger partial charge in [-0.25, -0.2) is 13.4 Å². The second kappa shape index (κ2) is 8.50. The zero-order valence-electron chi connectivity index (χ0n) is 16.0. The van der Waals surface area contributed by atoms with Gasteiger partial charge in [0.15, 0.2) is 5.13 Å². The van der Waals surface area contributed by atoms with Gasteiger partial charge in [0.05, 0.1) is 15.5 Å². The lowest BCUT2D eigenvalue weighted by Gasteiger charge is -2.33. The lowest BCUT2D eigenvalue weighted by atomic mass is 10.1. The summed E-state index contributed by atoms with van der Waals surface area (Å²) in [6.45, 7) is 1.65. The topological polar surface area (TPSA) is 96.6 Å². The highest BCUT2D eigenvalue weighted by molar-refractivity contribution is 7.89. The standard InChI is InChI=1S/C20H20N4O4S2/c25-24(26)18-7-4-8-19(14-18)30(27,28)23-11-9-22(10-12-23)20-21-17(15-29-20)13-16-5-2-1-3-6-16/h1-8,14-15H,9-13H2. The van der Waals surface area contributed by atoms with Gasteiger partial charge in [0.25, 0.3) is 5.69 Å². The van der Waals surface area contributed by atoms with Crippen LogP contribution in [0.15, 0.2) is 64.9 Å². The smallest absolute Gasteiger partial charge is 0.270 e. The highest BCUT2D eigenvalue weighted by atomic mass is 32.2. The molecular formula is C20H20N4O4S2. The van der Waals surface area contributed by atoms with Crippen LogP contribution in [0.3, 0.4) is 0 Å². The summed E-state index contributed by atoms with van der Waals surface area (Å²) >= 11 is 1.56. The predicted octanol–water partition coefficient (Wildman–Crippen LogP) is 3.15. The Kier molecular flexibility index (Phi) is 5.80. The second-order valence-electron chi connectivity index (χ2n) is 6.93. The van der Waals surface area contributed by atoms with Gasteiger partial charge in [0.2, 0.25) is 10.0 Å². The zero-order chi connectivity index (χ0) is 21.1. The summed E-state index contributed by atoms with van der Waals surface area (Å²) < 4.78 is 27.1. The first kappa shape index (κ1) is 20.5. The number of piperazine rings is 1. The Morgan fingerprint density at radius 1 is 1.03 bits per heavy atom. The monoisotopic (exact) mass is 444 g/mol. The van der Waals surface area contributed by atoms with Crippen LogP contribution in [0, 0.1) is 10.1 Å². The van der Waals surface area contributed by atoms with Gasteiger partial charge in [-0.3, -0.25) is 10.1 Å². The highest BCUT2D eigenvalue weighted by Gasteiger charge is 2.30. The van der Waals surface area contributed by atoms with Gasteiger partial charge >= 0.3 is 0 Å². The average molecular weight is 445 g/mol. The van der Waals surface area contributed by atoms with E-state index in [1.165, 1.54) is 28.1 Å². The molecule has 1 aliphatic heterocycles. The third-order valence-electron chi connectivity index (χ3n) is 4.94. The van der Waals surface area contributed by atoms with Crippen LogP contribution in [-0.2, 0) is 16.4 Å². The van der Waals surface area contributed by atoms with Crippen molar-refractivity contribution in [2.24, 2.45) is 0 Å². The fraction of sp³-hybridized carbons (Fsp3) is 0.250. The first-order valence-electron chi connectivity index (χ1n) is 9.41. The Balaban J connectivity index is 1.41. The molecule has 2 aromatic carbocycles. The lowest BCUT2D eigenvalue weighted by Crippen LogP contribution is -2.48. The van der Waals surface area contributed by atoms with Crippen LogP contribution in [0.1, 0.15) is 11.3 Å². The molecule has 0 unspecified atom stereocenters. The highest BCUT2D eigenvalue weighted by Crippen LogP contribution is 2.26. The Morgan fingerprint density at radius 2 is 1.77 bits per heavy atom. The molecule has 30 heavy (non-hydrogen) atoms. The number of nitro groups is 1. The largest absolute Gasteiger partial charge is 0.345 e. The van der Waals surface area contributed by atoms with Crippen molar-refractivity contribution in [1.29, 1.82) is 0 Å². The summed E-state index contributed by atoms with van der Waals surface area (Å²) in [6, 6.07) is 15.3. The molecule has 0 atom stereocenters. The number of anilines is 1. The number of aromatic nitrogens is 1. The Labute approximate surface area is 178 Å². The first-order valence-corrected chi connectivity index (χ1v) is 11.7. The van der Waals surface area contributed by atoms with Crippen molar-refractivity contribution >= 4 is 32.2 Å². The van der Waals surface area contributed by atoms with E-state index in [1.54, 1.807) is 11.3 Å². The van der Waals surface area contributed by atoms with Gasteiger partial charge in [-0.05, 0) is 11.6 Å². The molecule has 1 aliphatic rings. The van der Waals surface area contributed by atoms with Crippen LogP contribution in [0.4, 0.5) is 10.8 Å². The van der Waals surface area contributed by atoms with Crippen LogP contribution < -0.4 is 4.90 Å². The van der Waals surface area contributed by atoms with E-state index in [9.17, 15) is 18.5 Å². The van der Waals surface area contributed by atoms with Crippen molar-refractivity contribution < 1.29 is 13.3 Å². The quantitative estimate of drug-likeness (QED) is 0.428. The minimum Gasteiger partial charge on any atom is -0.345 e. The van der Waals surface area contributed by atoms with Crippen molar-refractivity contribution in [3.8, 4) is 0 Å². The molecule has 0 bridgehead atoms. The number of nitrogens with zero attached hydrogens (tertiary/aromatic N) is 4. The van der Waals surface area contributed by atoms with E-state index in [4.69, 9.17) is 4.98 Å². The number of hydrogen-bond acceptors (Lipinski definition) is 7. The Hall–Kier alpha value is -2.82. The fourth-order valence-corrected chi connectivity index (χ4v) is 5.70. The number of non-ortho nitro benzene ring substituents is 1. The summed E-state index contributed by atoms with van der Waals surface area (Å²) in [5, 5.41) is 13.9. The number of sulfonamides is 1. The van der Waals surface area contributed by atoms with Gasteiger partial charge in [0.1, 0.15) is 0 Å². The number of hydrogen-bond donors (Lipinski definition) is 0. The van der Waals surface area contributed by atoms with Crippen LogP contribution in [0.5, 0.6) is 0 Å². The van der Waals surface area contributed by atoms with E-state index in [-0.39, 0.29) is 10.6 Å². The molecule has 0 aliphatic carbocycles. The molecule has 0 saturated carbocycles. The van der Waals surface area contributed by atoms with Gasteiger partial charge < -0.3 is 4.90 Å². The molecular weight excluding hydrogens is 424 g/mol. The van der Waals surface area contributed by atoms with Crippen molar-refractivity contribution in [1.82, 2.24) is 9.29 Å². The summed E-state index contributed by atoms with van der Waals surface area (Å²) in [4.78, 5) is 17.1. The van der Waals surface area contributed by atoms with Crippen LogP contribution in [0.2, 0.25) is 0 Å². The minimum absolute atomic E-state index is 0.0513. The van der Waals surface area contributed by atoms with E-state index in [0.717, 1.165) is 23.3 Å². The zero-order valence-corrected chi connectivity index (χ0v) is 17.7. The molecule has 0 N–H and O–H groups in total. The normalized spacial score (nSPS) is 15.3. The molecule has 8 nitrogen and oxygen atoms in total. The summed E-state index contributed by atoms with van der Waals surface area (Å²) in [6.07, 6.45) is 0.762. The van der Waals surface area contributed by atoms with E-state index in [2.05, 4.69) is 17.0 Å². The van der Waals surface area contributed by atoms with Crippen LogP contribution in [0.25, 0.3) is 0 Å². The minimum atomic E-state index is -3.77. The maximum absolute atomic E-state index is 12.9. The van der Waals surface area contributed by atoms with E-state index < -0.39 is 14.9 Å². The number of thiazole rings is 1. The molecule has 1 fully saturated rings. The van der Waals surface area contributed by atoms with Crippen molar-refractivity contribution in [3.63, 3.8) is 0 Å². The van der Waals surface area contributed by atoms with Crippen LogP contribution in [-0.4, -0.2) is 48.8 Å². The maximum atomic E-state index is 12.9. The maximum Gasteiger partial charge on any atom is 0.270 e. The number of nitro benzene ring substituents is 1. The number of benzene rings is 2. The van der Waals surface area contributed by atoms with E-state index in [0.29, 0.717) is 26.2 Å². The summed E-state index contributed by atoms with van der Waals surface area (Å²) in [7, 11) is -3.77. The molecule has 156 valence electrons. The molecule has 4 rings (SSSR count). The molecule has 2 heterocycles. The molecule has 0 radical (unpaired) electrons. The molecule has 10 heteroatoms. The third-order valence-corrected chi connectivity index (χ3v) is 7.79. The predicted molar refractivity (Wildman–Crippen MR) is 115 cm³/mol. The summed E-state index contributed by atoms with van der Waals surface area (Å²) in [5.74, 6) is 0. The van der Waals surface area contributed by atoms with Gasteiger partial charge in [-0.1, -0.05) is 36.4 Å². The lowest BCUT2D eigenvalue weighted by molar-refractivity contribution is -0.385. The fourth-order valence-electron chi connectivity index (χ4n) is 3.35. The van der Waals surface area contributed by atoms with E-state index >= 15 is 0 Å². The summed E-state index contributed by atoms with van der Waals surface area (Å²) in [5.41, 5.74) is 1.96. The van der Waals surface area contributed by atoms with Gasteiger partial charge in [-0.2, -0.15) is 4.31 Å². The molecule has 1 aromatic heterocycles. The van der Waals surface area contributed by atoms with Crippen molar-refractivity contribution in [3.05, 3.63) is 81.3 Å². The molecule has 0 amide bonds. The number of rotatable bonds is 6.